The second-order valence-corrected chi connectivity index (χ2v) is 11.9. The summed E-state index contributed by atoms with van der Waals surface area (Å²) in [4.78, 5) is 32.5. The van der Waals surface area contributed by atoms with Crippen LogP contribution in [-0.2, 0) is 16.1 Å². The van der Waals surface area contributed by atoms with Crippen LogP contribution in [0.25, 0.3) is 6.08 Å². The molecule has 0 unspecified atom stereocenters. The Morgan fingerprint density at radius 3 is 2.46 bits per heavy atom. The number of thiazole rings is 1. The molecule has 236 valence electrons. The van der Waals surface area contributed by atoms with Crippen molar-refractivity contribution in [2.75, 3.05) is 27.9 Å². The molecule has 0 amide bonds. The van der Waals surface area contributed by atoms with Crippen molar-refractivity contribution in [2.45, 2.75) is 26.5 Å². The molecule has 12 heteroatoms. The molecule has 1 aliphatic heterocycles. The van der Waals surface area contributed by atoms with Crippen LogP contribution in [-0.4, -0.2) is 38.5 Å². The number of ether oxygens (including phenoxy) is 5. The third-order valence-corrected chi connectivity index (χ3v) is 8.84. The Labute approximate surface area is 277 Å². The summed E-state index contributed by atoms with van der Waals surface area (Å²) < 4.78 is 30.7. The highest BCUT2D eigenvalue weighted by Gasteiger charge is 2.35. The number of fused-ring (bicyclic) bond motifs is 1. The van der Waals surface area contributed by atoms with Gasteiger partial charge in [0.25, 0.3) is 5.56 Å². The third kappa shape index (κ3) is 6.42. The molecule has 3 aromatic carbocycles. The van der Waals surface area contributed by atoms with Crippen molar-refractivity contribution in [2.24, 2.45) is 4.99 Å². The monoisotopic (exact) mass is 703 g/mol. The van der Waals surface area contributed by atoms with Crippen molar-refractivity contribution in [1.29, 1.82) is 5.26 Å². The first-order chi connectivity index (χ1) is 22.2. The molecule has 46 heavy (non-hydrogen) atoms. The Bertz CT molecular complexity index is 2060. The lowest BCUT2D eigenvalue weighted by Crippen LogP contribution is -2.40. The summed E-state index contributed by atoms with van der Waals surface area (Å²) in [5.74, 6) is 1.40. The Kier molecular flexibility index (Phi) is 9.94. The second-order valence-electron chi connectivity index (χ2n) is 10.0. The predicted octanol–water partition coefficient (Wildman–Crippen LogP) is 5.04. The zero-order valence-corrected chi connectivity index (χ0v) is 28.2. The van der Waals surface area contributed by atoms with Gasteiger partial charge in [-0.3, -0.25) is 9.36 Å². The molecule has 1 aromatic heterocycles. The molecule has 0 saturated carbocycles. The highest BCUT2D eigenvalue weighted by Crippen LogP contribution is 2.39. The molecular weight excluding hydrogens is 674 g/mol. The van der Waals surface area contributed by atoms with E-state index in [2.05, 4.69) is 27.0 Å². The molecule has 1 aliphatic rings. The van der Waals surface area contributed by atoms with Crippen LogP contribution >= 0.6 is 27.3 Å². The fraction of sp³-hybridized carbons (Fsp3) is 0.235. The minimum absolute atomic E-state index is 0.163. The molecular formula is C34H30BrN3O7S. The zero-order chi connectivity index (χ0) is 33.0. The SMILES string of the molecule is CCOC(=O)C1=C(C)N=c2s/c(=C/c3cc(Br)c(OCc4ccc(C#N)cc4)c(OC)c3)c(=O)n2[C@@H]1c1ccc(OC)cc1OC. The van der Waals surface area contributed by atoms with Crippen LogP contribution in [0.2, 0.25) is 0 Å². The summed E-state index contributed by atoms with van der Waals surface area (Å²) in [6.45, 7) is 3.87. The number of allylic oxidation sites excluding steroid dienone is 1. The van der Waals surface area contributed by atoms with Crippen LogP contribution in [0, 0.1) is 11.3 Å². The highest BCUT2D eigenvalue weighted by molar-refractivity contribution is 9.10. The van der Waals surface area contributed by atoms with Gasteiger partial charge in [-0.15, -0.1) is 0 Å². The normalized spacial score (nSPS) is 14.2. The number of carbonyl (C=O) groups is 1. The molecule has 10 nitrogen and oxygen atoms in total. The number of rotatable bonds is 10. The summed E-state index contributed by atoms with van der Waals surface area (Å²) in [7, 11) is 4.61. The maximum atomic E-state index is 14.1. The Balaban J connectivity index is 1.59. The number of nitrogens with zero attached hydrogens (tertiary/aromatic N) is 3. The van der Waals surface area contributed by atoms with Gasteiger partial charge in [-0.2, -0.15) is 5.26 Å². The molecule has 0 radical (unpaired) electrons. The van der Waals surface area contributed by atoms with Crippen LogP contribution in [0.1, 0.15) is 42.1 Å². The number of carbonyl (C=O) groups excluding carboxylic acids is 1. The van der Waals surface area contributed by atoms with E-state index in [4.69, 9.17) is 28.9 Å². The molecule has 0 N–H and O–H groups in total. The number of methoxy groups -OCH3 is 3. The average Bonchev–Trinajstić information content (AvgIpc) is 3.36. The van der Waals surface area contributed by atoms with E-state index < -0.39 is 12.0 Å². The smallest absolute Gasteiger partial charge is 0.338 e. The van der Waals surface area contributed by atoms with E-state index in [0.29, 0.717) is 59.2 Å². The summed E-state index contributed by atoms with van der Waals surface area (Å²) >= 11 is 4.80. The van der Waals surface area contributed by atoms with Crippen LogP contribution in [0.5, 0.6) is 23.0 Å². The van der Waals surface area contributed by atoms with Crippen LogP contribution < -0.4 is 33.8 Å². The fourth-order valence-corrected chi connectivity index (χ4v) is 6.70. The average molecular weight is 705 g/mol. The van der Waals surface area contributed by atoms with Gasteiger partial charge in [-0.1, -0.05) is 23.5 Å². The molecule has 0 spiro atoms. The molecule has 5 rings (SSSR count). The number of esters is 1. The first kappa shape index (κ1) is 32.5. The minimum Gasteiger partial charge on any atom is -0.497 e. The van der Waals surface area contributed by atoms with Crippen molar-refractivity contribution in [3.05, 3.63) is 112 Å². The summed E-state index contributed by atoms with van der Waals surface area (Å²) in [5, 5.41) is 9.04. The first-order valence-corrected chi connectivity index (χ1v) is 15.7. The van der Waals surface area contributed by atoms with Gasteiger partial charge in [-0.25, -0.2) is 9.79 Å². The van der Waals surface area contributed by atoms with Gasteiger partial charge >= 0.3 is 5.97 Å². The minimum atomic E-state index is -0.849. The molecule has 4 aromatic rings. The molecule has 0 bridgehead atoms. The van der Waals surface area contributed by atoms with Gasteiger partial charge < -0.3 is 23.7 Å². The summed E-state index contributed by atoms with van der Waals surface area (Å²) in [5.41, 5.74) is 3.08. The van der Waals surface area contributed by atoms with Crippen molar-refractivity contribution in [1.82, 2.24) is 4.57 Å². The number of halogens is 1. The van der Waals surface area contributed by atoms with Gasteiger partial charge in [0.1, 0.15) is 24.1 Å². The van der Waals surface area contributed by atoms with E-state index >= 15 is 0 Å². The van der Waals surface area contributed by atoms with E-state index in [-0.39, 0.29) is 24.3 Å². The van der Waals surface area contributed by atoms with Crippen LogP contribution in [0.4, 0.5) is 0 Å². The lowest BCUT2D eigenvalue weighted by molar-refractivity contribution is -0.139. The summed E-state index contributed by atoms with van der Waals surface area (Å²) in [6.07, 6.45) is 1.74. The maximum absolute atomic E-state index is 14.1. The number of hydrogen-bond donors (Lipinski definition) is 0. The summed E-state index contributed by atoms with van der Waals surface area (Å²) in [6, 6.07) is 17.2. The Morgan fingerprint density at radius 2 is 1.80 bits per heavy atom. The van der Waals surface area contributed by atoms with Crippen LogP contribution in [0.15, 0.2) is 80.1 Å². The van der Waals surface area contributed by atoms with Gasteiger partial charge in [0.2, 0.25) is 0 Å². The zero-order valence-electron chi connectivity index (χ0n) is 25.8. The first-order valence-electron chi connectivity index (χ1n) is 14.1. The van der Waals surface area contributed by atoms with E-state index in [1.54, 1.807) is 63.4 Å². The second kappa shape index (κ2) is 14.1. The van der Waals surface area contributed by atoms with E-state index in [9.17, 15) is 9.59 Å². The van der Waals surface area contributed by atoms with Crippen LogP contribution in [0.3, 0.4) is 0 Å². The molecule has 0 fully saturated rings. The molecule has 0 saturated heterocycles. The number of hydrogen-bond acceptors (Lipinski definition) is 10. The van der Waals surface area contributed by atoms with Crippen molar-refractivity contribution in [3.8, 4) is 29.1 Å². The number of aromatic nitrogens is 1. The Morgan fingerprint density at radius 1 is 1.07 bits per heavy atom. The largest absolute Gasteiger partial charge is 0.497 e. The van der Waals surface area contributed by atoms with Gasteiger partial charge in [0.05, 0.1) is 59.8 Å². The van der Waals surface area contributed by atoms with E-state index in [1.807, 2.05) is 18.2 Å². The van der Waals surface area contributed by atoms with Gasteiger partial charge in [-0.05, 0) is 83.4 Å². The van der Waals surface area contributed by atoms with Gasteiger partial charge in [0, 0.05) is 11.6 Å². The topological polar surface area (TPSA) is 121 Å². The van der Waals surface area contributed by atoms with Gasteiger partial charge in [0.15, 0.2) is 16.3 Å². The third-order valence-electron chi connectivity index (χ3n) is 7.27. The van der Waals surface area contributed by atoms with Crippen molar-refractivity contribution in [3.63, 3.8) is 0 Å². The van der Waals surface area contributed by atoms with E-state index in [0.717, 1.165) is 5.56 Å². The van der Waals surface area contributed by atoms with E-state index in [1.165, 1.54) is 30.1 Å². The predicted molar refractivity (Wildman–Crippen MR) is 176 cm³/mol. The van der Waals surface area contributed by atoms with Crippen molar-refractivity contribution >= 4 is 39.3 Å². The Hall–Kier alpha value is -4.86. The lowest BCUT2D eigenvalue weighted by Gasteiger charge is -2.26. The highest BCUT2D eigenvalue weighted by atomic mass is 79.9. The maximum Gasteiger partial charge on any atom is 0.338 e. The standard InChI is InChI=1S/C34H30BrN3O7S/c1-6-44-33(40)29-19(2)37-34-38(30(29)24-12-11-23(41-3)16-26(24)42-4)32(39)28(46-34)15-22-13-25(35)31(27(14-22)43-5)45-18-21-9-7-20(17-36)8-10-21/h7-16,30H,6,18H2,1-5H3/b28-15+/t30-/m1/s1. The molecule has 2 heterocycles. The molecule has 0 aliphatic carbocycles. The fourth-order valence-electron chi connectivity index (χ4n) is 5.08. The molecule has 1 atom stereocenters. The van der Waals surface area contributed by atoms with Crippen molar-refractivity contribution < 1.29 is 28.5 Å². The number of benzene rings is 3. The number of nitriles is 1. The lowest BCUT2D eigenvalue weighted by atomic mass is 9.95. The quantitative estimate of drug-likeness (QED) is 0.211.